The lowest BCUT2D eigenvalue weighted by Crippen LogP contribution is -2.18. The summed E-state index contributed by atoms with van der Waals surface area (Å²) < 4.78 is 5.27. The van der Waals surface area contributed by atoms with Crippen molar-refractivity contribution in [1.82, 2.24) is 5.32 Å². The highest BCUT2D eigenvalue weighted by Gasteiger charge is 2.11. The van der Waals surface area contributed by atoms with Crippen LogP contribution in [-0.4, -0.2) is 13.7 Å². The Hall–Kier alpha value is -1.03. The predicted octanol–water partition coefficient (Wildman–Crippen LogP) is 5.14. The molecule has 0 saturated heterocycles. The summed E-state index contributed by atoms with van der Waals surface area (Å²) in [6.07, 6.45) is 1.14. The maximum Gasteiger partial charge on any atom is 0.119 e. The Balaban J connectivity index is 2.24. The maximum absolute atomic E-state index is 6.30. The van der Waals surface area contributed by atoms with Crippen LogP contribution in [0.4, 0.5) is 0 Å². The first-order valence-electron chi connectivity index (χ1n) is 6.82. The highest BCUT2D eigenvalue weighted by Crippen LogP contribution is 2.37. The zero-order valence-corrected chi connectivity index (χ0v) is 13.6. The number of rotatable bonds is 6. The van der Waals surface area contributed by atoms with Crippen molar-refractivity contribution in [3.05, 3.63) is 40.2 Å². The summed E-state index contributed by atoms with van der Waals surface area (Å²) in [7, 11) is 1.67. The molecule has 0 radical (unpaired) electrons. The van der Waals surface area contributed by atoms with E-state index >= 15 is 0 Å². The van der Waals surface area contributed by atoms with Crippen LogP contribution in [0.1, 0.15) is 31.2 Å². The van der Waals surface area contributed by atoms with E-state index in [4.69, 9.17) is 16.3 Å². The molecule has 1 aromatic carbocycles. The van der Waals surface area contributed by atoms with E-state index in [2.05, 4.69) is 31.3 Å². The minimum atomic E-state index is 0.373. The Morgan fingerprint density at radius 2 is 2.10 bits per heavy atom. The first-order chi connectivity index (χ1) is 9.65. The average molecular weight is 310 g/mol. The van der Waals surface area contributed by atoms with E-state index in [9.17, 15) is 0 Å². The second-order valence-electron chi connectivity index (χ2n) is 4.72. The van der Waals surface area contributed by atoms with Crippen molar-refractivity contribution >= 4 is 22.9 Å². The molecule has 108 valence electrons. The van der Waals surface area contributed by atoms with Crippen molar-refractivity contribution < 1.29 is 4.74 Å². The van der Waals surface area contributed by atoms with E-state index in [0.29, 0.717) is 6.04 Å². The lowest BCUT2D eigenvalue weighted by atomic mass is 10.1. The van der Waals surface area contributed by atoms with Crippen LogP contribution in [0.3, 0.4) is 0 Å². The highest BCUT2D eigenvalue weighted by atomic mass is 35.5. The van der Waals surface area contributed by atoms with Gasteiger partial charge >= 0.3 is 0 Å². The molecule has 0 aliphatic rings. The Morgan fingerprint density at radius 1 is 1.30 bits per heavy atom. The molecule has 1 aromatic heterocycles. The van der Waals surface area contributed by atoms with Gasteiger partial charge in [-0.2, -0.15) is 0 Å². The zero-order valence-electron chi connectivity index (χ0n) is 12.1. The normalized spacial score (nSPS) is 12.4. The van der Waals surface area contributed by atoms with E-state index in [0.717, 1.165) is 29.3 Å². The fourth-order valence-corrected chi connectivity index (χ4v) is 3.35. The molecular weight excluding hydrogens is 290 g/mol. The Morgan fingerprint density at radius 3 is 2.80 bits per heavy atom. The standard InChI is InChI=1S/C16H20ClNOS/c1-4-9-18-11(2)15-7-8-16(20-15)13-10-12(19-3)5-6-14(13)17/h5-8,10-11,18H,4,9H2,1-3H3. The van der Waals surface area contributed by atoms with Crippen molar-refractivity contribution in [2.24, 2.45) is 0 Å². The number of halogens is 1. The molecule has 1 N–H and O–H groups in total. The van der Waals surface area contributed by atoms with Crippen LogP contribution in [0.25, 0.3) is 10.4 Å². The molecule has 1 unspecified atom stereocenters. The summed E-state index contributed by atoms with van der Waals surface area (Å²) in [6.45, 7) is 5.41. The molecule has 4 heteroatoms. The monoisotopic (exact) mass is 309 g/mol. The van der Waals surface area contributed by atoms with Crippen LogP contribution >= 0.6 is 22.9 Å². The van der Waals surface area contributed by atoms with Gasteiger partial charge in [0, 0.05) is 26.4 Å². The number of nitrogens with one attached hydrogen (secondary N) is 1. The van der Waals surface area contributed by atoms with Gasteiger partial charge in [-0.1, -0.05) is 18.5 Å². The summed E-state index contributed by atoms with van der Waals surface area (Å²) in [6, 6.07) is 10.4. The molecule has 1 atom stereocenters. The quantitative estimate of drug-likeness (QED) is 0.798. The smallest absolute Gasteiger partial charge is 0.119 e. The third kappa shape index (κ3) is 3.54. The summed E-state index contributed by atoms with van der Waals surface area (Å²) in [5, 5.41) is 4.26. The van der Waals surface area contributed by atoms with Gasteiger partial charge in [0.15, 0.2) is 0 Å². The minimum absolute atomic E-state index is 0.373. The fraction of sp³-hybridized carbons (Fsp3) is 0.375. The Bertz CT molecular complexity index is 567. The number of ether oxygens (including phenoxy) is 1. The van der Waals surface area contributed by atoms with Crippen LogP contribution in [0.2, 0.25) is 5.02 Å². The van der Waals surface area contributed by atoms with Gasteiger partial charge in [-0.3, -0.25) is 0 Å². The summed E-state index contributed by atoms with van der Waals surface area (Å²) in [5.41, 5.74) is 1.03. The molecule has 2 aromatic rings. The van der Waals surface area contributed by atoms with Gasteiger partial charge < -0.3 is 10.1 Å². The number of hydrogen-bond donors (Lipinski definition) is 1. The fourth-order valence-electron chi connectivity index (χ4n) is 2.01. The molecular formula is C16H20ClNOS. The summed E-state index contributed by atoms with van der Waals surface area (Å²) in [4.78, 5) is 2.50. The van der Waals surface area contributed by atoms with Gasteiger partial charge in [-0.25, -0.2) is 0 Å². The second-order valence-corrected chi connectivity index (χ2v) is 6.25. The molecule has 20 heavy (non-hydrogen) atoms. The van der Waals surface area contributed by atoms with E-state index in [1.165, 1.54) is 9.75 Å². The van der Waals surface area contributed by atoms with Gasteiger partial charge in [-0.15, -0.1) is 11.3 Å². The molecule has 0 amide bonds. The van der Waals surface area contributed by atoms with Gasteiger partial charge in [0.2, 0.25) is 0 Å². The van der Waals surface area contributed by atoms with Gasteiger partial charge in [-0.05, 0) is 50.2 Å². The molecule has 2 nitrogen and oxygen atoms in total. The Labute approximate surface area is 129 Å². The molecule has 0 spiro atoms. The molecule has 0 aliphatic carbocycles. The summed E-state index contributed by atoms with van der Waals surface area (Å²) in [5.74, 6) is 0.830. The molecule has 1 heterocycles. The SMILES string of the molecule is CCCNC(C)c1ccc(-c2cc(OC)ccc2Cl)s1. The zero-order chi connectivity index (χ0) is 14.5. The van der Waals surface area contributed by atoms with E-state index in [1.54, 1.807) is 18.4 Å². The van der Waals surface area contributed by atoms with E-state index < -0.39 is 0 Å². The third-order valence-corrected chi connectivity index (χ3v) is 4.82. The largest absolute Gasteiger partial charge is 0.497 e. The minimum Gasteiger partial charge on any atom is -0.497 e. The van der Waals surface area contributed by atoms with E-state index in [-0.39, 0.29) is 0 Å². The van der Waals surface area contributed by atoms with Crippen molar-refractivity contribution in [2.45, 2.75) is 26.3 Å². The predicted molar refractivity (Wildman–Crippen MR) is 88.0 cm³/mol. The van der Waals surface area contributed by atoms with Gasteiger partial charge in [0.1, 0.15) is 5.75 Å². The van der Waals surface area contributed by atoms with Gasteiger partial charge in [0.25, 0.3) is 0 Å². The lowest BCUT2D eigenvalue weighted by Gasteiger charge is -2.10. The van der Waals surface area contributed by atoms with Crippen LogP contribution in [0, 0.1) is 0 Å². The first-order valence-corrected chi connectivity index (χ1v) is 8.02. The third-order valence-electron chi connectivity index (χ3n) is 3.19. The first kappa shape index (κ1) is 15.4. The molecule has 0 bridgehead atoms. The topological polar surface area (TPSA) is 21.3 Å². The molecule has 0 aliphatic heterocycles. The van der Waals surface area contributed by atoms with Crippen molar-refractivity contribution in [3.8, 4) is 16.2 Å². The van der Waals surface area contributed by atoms with Gasteiger partial charge in [0.05, 0.1) is 7.11 Å². The number of methoxy groups -OCH3 is 1. The van der Waals surface area contributed by atoms with Crippen LogP contribution < -0.4 is 10.1 Å². The van der Waals surface area contributed by atoms with Crippen LogP contribution in [-0.2, 0) is 0 Å². The summed E-state index contributed by atoms with van der Waals surface area (Å²) >= 11 is 8.07. The molecule has 0 saturated carbocycles. The lowest BCUT2D eigenvalue weighted by molar-refractivity contribution is 0.415. The number of thiophene rings is 1. The van der Waals surface area contributed by atoms with Crippen molar-refractivity contribution in [1.29, 1.82) is 0 Å². The van der Waals surface area contributed by atoms with Crippen molar-refractivity contribution in [3.63, 3.8) is 0 Å². The molecule has 0 fully saturated rings. The maximum atomic E-state index is 6.30. The average Bonchev–Trinajstić information content (AvgIpc) is 2.95. The Kier molecular flexibility index (Phi) is 5.46. The van der Waals surface area contributed by atoms with Crippen LogP contribution in [0.5, 0.6) is 5.75 Å². The van der Waals surface area contributed by atoms with Crippen LogP contribution in [0.15, 0.2) is 30.3 Å². The highest BCUT2D eigenvalue weighted by molar-refractivity contribution is 7.15. The number of hydrogen-bond acceptors (Lipinski definition) is 3. The second kappa shape index (κ2) is 7.11. The number of benzene rings is 1. The van der Waals surface area contributed by atoms with Crippen molar-refractivity contribution in [2.75, 3.05) is 13.7 Å². The molecule has 2 rings (SSSR count). The van der Waals surface area contributed by atoms with E-state index in [1.807, 2.05) is 18.2 Å².